The van der Waals surface area contributed by atoms with E-state index in [9.17, 15) is 4.79 Å². The maximum atomic E-state index is 12.5. The number of anilines is 1. The first-order chi connectivity index (χ1) is 15.5. The Labute approximate surface area is 187 Å². The van der Waals surface area contributed by atoms with E-state index in [4.69, 9.17) is 9.15 Å². The Balaban J connectivity index is 1.31. The second-order valence-corrected chi connectivity index (χ2v) is 7.99. The van der Waals surface area contributed by atoms with Crippen molar-refractivity contribution in [3.8, 4) is 5.75 Å². The molecule has 2 heterocycles. The minimum Gasteiger partial charge on any atom is -0.486 e. The molecule has 0 aliphatic rings. The smallest absolute Gasteiger partial charge is 0.293 e. The number of aryl methyl sites for hydroxylation is 1. The number of nitrogens with one attached hydrogen (secondary N) is 1. The van der Waals surface area contributed by atoms with Crippen molar-refractivity contribution in [2.45, 2.75) is 39.8 Å². The molecule has 0 aliphatic carbocycles. The number of carbonyl (C=O) groups excluding carboxylic acids is 1. The average molecular weight is 431 g/mol. The third-order valence-corrected chi connectivity index (χ3v) is 5.00. The van der Waals surface area contributed by atoms with Gasteiger partial charge in [0.2, 0.25) is 5.95 Å². The van der Waals surface area contributed by atoms with Crippen LogP contribution >= 0.6 is 0 Å². The van der Waals surface area contributed by atoms with Crippen LogP contribution in [-0.4, -0.2) is 20.7 Å². The molecule has 32 heavy (non-hydrogen) atoms. The molecular formula is C25H26N4O3. The van der Waals surface area contributed by atoms with Crippen LogP contribution in [0, 0.1) is 6.92 Å². The number of carbonyl (C=O) groups is 1. The van der Waals surface area contributed by atoms with Gasteiger partial charge in [-0.05, 0) is 48.2 Å². The summed E-state index contributed by atoms with van der Waals surface area (Å²) < 4.78 is 13.0. The molecule has 1 amide bonds. The molecule has 0 bridgehead atoms. The van der Waals surface area contributed by atoms with Crippen molar-refractivity contribution >= 4 is 11.9 Å². The van der Waals surface area contributed by atoms with Crippen LogP contribution in [-0.2, 0) is 13.2 Å². The fraction of sp³-hybridized carbons (Fsp3) is 0.240. The first-order valence-corrected chi connectivity index (χ1v) is 10.5. The minimum atomic E-state index is -0.411. The Morgan fingerprint density at radius 1 is 1.12 bits per heavy atom. The minimum absolute atomic E-state index is 0.175. The number of rotatable bonds is 8. The fourth-order valence-corrected chi connectivity index (χ4v) is 3.27. The van der Waals surface area contributed by atoms with E-state index in [-0.39, 0.29) is 18.3 Å². The molecule has 0 saturated heterocycles. The molecule has 4 rings (SSSR count). The second-order valence-electron chi connectivity index (χ2n) is 7.99. The van der Waals surface area contributed by atoms with E-state index in [1.54, 1.807) is 23.1 Å². The van der Waals surface area contributed by atoms with Gasteiger partial charge in [-0.25, -0.2) is 9.67 Å². The maximum Gasteiger partial charge on any atom is 0.293 e. The zero-order chi connectivity index (χ0) is 22.5. The molecule has 4 aromatic rings. The molecule has 0 atom stereocenters. The summed E-state index contributed by atoms with van der Waals surface area (Å²) in [6, 6.07) is 19.5. The summed E-state index contributed by atoms with van der Waals surface area (Å²) in [6.07, 6.45) is 1.59. The van der Waals surface area contributed by atoms with Gasteiger partial charge in [0.15, 0.2) is 5.76 Å². The predicted molar refractivity (Wildman–Crippen MR) is 122 cm³/mol. The van der Waals surface area contributed by atoms with Gasteiger partial charge in [-0.2, -0.15) is 0 Å². The van der Waals surface area contributed by atoms with E-state index in [1.165, 1.54) is 11.1 Å². The van der Waals surface area contributed by atoms with Crippen molar-refractivity contribution in [3.63, 3.8) is 0 Å². The summed E-state index contributed by atoms with van der Waals surface area (Å²) in [6.45, 7) is 7.15. The Kier molecular flexibility index (Phi) is 6.35. The highest BCUT2D eigenvalue weighted by Gasteiger charge is 2.14. The lowest BCUT2D eigenvalue weighted by molar-refractivity contribution is 0.0991. The zero-order valence-corrected chi connectivity index (χ0v) is 18.4. The quantitative estimate of drug-likeness (QED) is 0.416. The zero-order valence-electron chi connectivity index (χ0n) is 18.4. The molecule has 7 nitrogen and oxygen atoms in total. The molecule has 0 aliphatic heterocycles. The SMILES string of the molecule is Cc1cccc(Cn2cnc(NC(=O)c3ccc(COc4ccc(C(C)C)cc4)o3)n2)c1. The normalized spacial score (nSPS) is 11.0. The molecule has 2 aromatic heterocycles. The van der Waals surface area contributed by atoms with Crippen LogP contribution in [0.1, 0.15) is 52.8 Å². The van der Waals surface area contributed by atoms with E-state index in [2.05, 4.69) is 35.3 Å². The van der Waals surface area contributed by atoms with Crippen LogP contribution < -0.4 is 10.1 Å². The lowest BCUT2D eigenvalue weighted by atomic mass is 10.0. The number of benzene rings is 2. The van der Waals surface area contributed by atoms with Gasteiger partial charge in [0.25, 0.3) is 5.91 Å². The summed E-state index contributed by atoms with van der Waals surface area (Å²) in [5.41, 5.74) is 3.55. The average Bonchev–Trinajstić information content (AvgIpc) is 3.42. The van der Waals surface area contributed by atoms with Gasteiger partial charge < -0.3 is 9.15 Å². The standard InChI is InChI=1S/C25H26N4O3/c1-17(2)20-7-9-21(10-8-20)31-15-22-11-12-23(32-22)24(30)27-25-26-16-29(28-25)14-19-6-4-5-18(3)13-19/h4-13,16-17H,14-15H2,1-3H3,(H,27,28,30). The predicted octanol–water partition coefficient (Wildman–Crippen LogP) is 5.18. The van der Waals surface area contributed by atoms with Crippen molar-refractivity contribution in [2.24, 2.45) is 0 Å². The molecule has 0 spiro atoms. The van der Waals surface area contributed by atoms with Crippen molar-refractivity contribution < 1.29 is 13.9 Å². The van der Waals surface area contributed by atoms with Crippen LogP contribution in [0.2, 0.25) is 0 Å². The van der Waals surface area contributed by atoms with Gasteiger partial charge in [0, 0.05) is 0 Å². The number of amides is 1. The third-order valence-electron chi connectivity index (χ3n) is 5.00. The van der Waals surface area contributed by atoms with Gasteiger partial charge in [0.05, 0.1) is 6.54 Å². The topological polar surface area (TPSA) is 82.2 Å². The highest BCUT2D eigenvalue weighted by molar-refractivity contribution is 6.01. The number of ether oxygens (including phenoxy) is 1. The van der Waals surface area contributed by atoms with Crippen LogP contribution in [0.15, 0.2) is 71.4 Å². The van der Waals surface area contributed by atoms with Crippen LogP contribution in [0.3, 0.4) is 0 Å². The number of aromatic nitrogens is 3. The Morgan fingerprint density at radius 2 is 1.94 bits per heavy atom. The van der Waals surface area contributed by atoms with E-state index in [1.807, 2.05) is 49.4 Å². The van der Waals surface area contributed by atoms with E-state index in [0.717, 1.165) is 11.3 Å². The van der Waals surface area contributed by atoms with Crippen molar-refractivity contribution in [1.82, 2.24) is 14.8 Å². The Morgan fingerprint density at radius 3 is 2.69 bits per heavy atom. The van der Waals surface area contributed by atoms with E-state index < -0.39 is 5.91 Å². The highest BCUT2D eigenvalue weighted by atomic mass is 16.5. The molecule has 0 fully saturated rings. The summed E-state index contributed by atoms with van der Waals surface area (Å²) in [7, 11) is 0. The molecule has 0 saturated carbocycles. The molecular weight excluding hydrogens is 404 g/mol. The van der Waals surface area contributed by atoms with Crippen LogP contribution in [0.25, 0.3) is 0 Å². The van der Waals surface area contributed by atoms with Gasteiger partial charge >= 0.3 is 0 Å². The number of furan rings is 1. The number of nitrogens with zero attached hydrogens (tertiary/aromatic N) is 3. The lowest BCUT2D eigenvalue weighted by Crippen LogP contribution is -2.12. The van der Waals surface area contributed by atoms with Gasteiger partial charge in [-0.3, -0.25) is 10.1 Å². The first-order valence-electron chi connectivity index (χ1n) is 10.5. The molecule has 1 N–H and O–H groups in total. The summed E-state index contributed by atoms with van der Waals surface area (Å²) in [5.74, 6) is 1.77. The Bertz CT molecular complexity index is 1190. The highest BCUT2D eigenvalue weighted by Crippen LogP contribution is 2.20. The van der Waals surface area contributed by atoms with Crippen molar-refractivity contribution in [1.29, 1.82) is 0 Å². The van der Waals surface area contributed by atoms with Crippen molar-refractivity contribution in [2.75, 3.05) is 5.32 Å². The molecule has 7 heteroatoms. The third kappa shape index (κ3) is 5.43. The molecule has 0 unspecified atom stereocenters. The summed E-state index contributed by atoms with van der Waals surface area (Å²) >= 11 is 0. The van der Waals surface area contributed by atoms with Gasteiger partial charge in [-0.15, -0.1) is 5.10 Å². The molecule has 0 radical (unpaired) electrons. The van der Waals surface area contributed by atoms with Crippen molar-refractivity contribution in [3.05, 3.63) is 95.2 Å². The summed E-state index contributed by atoms with van der Waals surface area (Å²) in [5, 5.41) is 6.97. The maximum absolute atomic E-state index is 12.5. The second kappa shape index (κ2) is 9.51. The lowest BCUT2D eigenvalue weighted by Gasteiger charge is -2.07. The van der Waals surface area contributed by atoms with E-state index >= 15 is 0 Å². The monoisotopic (exact) mass is 430 g/mol. The van der Waals surface area contributed by atoms with Crippen LogP contribution in [0.5, 0.6) is 5.75 Å². The summed E-state index contributed by atoms with van der Waals surface area (Å²) in [4.78, 5) is 16.6. The van der Waals surface area contributed by atoms with E-state index in [0.29, 0.717) is 18.2 Å². The Hall–Kier alpha value is -3.87. The number of hydrogen-bond donors (Lipinski definition) is 1. The van der Waals surface area contributed by atoms with Crippen LogP contribution in [0.4, 0.5) is 5.95 Å². The fourth-order valence-electron chi connectivity index (χ4n) is 3.27. The van der Waals surface area contributed by atoms with Gasteiger partial charge in [-0.1, -0.05) is 55.8 Å². The number of hydrogen-bond acceptors (Lipinski definition) is 5. The largest absolute Gasteiger partial charge is 0.486 e. The molecule has 164 valence electrons. The van der Waals surface area contributed by atoms with Gasteiger partial charge in [0.1, 0.15) is 24.4 Å². The first kappa shape index (κ1) is 21.4. The molecule has 2 aromatic carbocycles.